The average Bonchev–Trinajstić information content (AvgIpc) is 2.39. The van der Waals surface area contributed by atoms with Crippen molar-refractivity contribution in [3.05, 3.63) is 29.3 Å². The molecule has 0 bridgehead atoms. The Hall–Kier alpha value is -1.27. The first-order valence-corrected chi connectivity index (χ1v) is 6.68. The van der Waals surface area contributed by atoms with Crippen LogP contribution in [0.4, 0.5) is 13.2 Å². The van der Waals surface area contributed by atoms with Crippen LogP contribution in [0.25, 0.3) is 0 Å². The van der Waals surface area contributed by atoms with E-state index in [4.69, 9.17) is 0 Å². The quantitative estimate of drug-likeness (QED) is 0.897. The molecule has 1 saturated heterocycles. The lowest BCUT2D eigenvalue weighted by atomic mass is 9.98. The van der Waals surface area contributed by atoms with Crippen LogP contribution in [0, 0.1) is 6.92 Å². The van der Waals surface area contributed by atoms with E-state index >= 15 is 0 Å². The summed E-state index contributed by atoms with van der Waals surface area (Å²) in [6.45, 7) is 4.29. The summed E-state index contributed by atoms with van der Waals surface area (Å²) >= 11 is 0. The van der Waals surface area contributed by atoms with Gasteiger partial charge in [-0.1, -0.05) is 12.1 Å². The number of rotatable bonds is 3. The molecule has 1 aliphatic heterocycles. The summed E-state index contributed by atoms with van der Waals surface area (Å²) in [6.07, 6.45) is -5.07. The van der Waals surface area contributed by atoms with Crippen LogP contribution in [-0.4, -0.2) is 42.4 Å². The number of alkyl halides is 3. The fourth-order valence-corrected chi connectivity index (χ4v) is 2.56. The fourth-order valence-electron chi connectivity index (χ4n) is 2.56. The minimum Gasteiger partial charge on any atom is -0.508 e. The molecular weight excluding hydrogens is 269 g/mol. The zero-order valence-electron chi connectivity index (χ0n) is 11.4. The van der Waals surface area contributed by atoms with Crippen LogP contribution in [0.3, 0.4) is 0 Å². The Balaban J connectivity index is 2.26. The molecule has 20 heavy (non-hydrogen) atoms. The zero-order valence-corrected chi connectivity index (χ0v) is 11.4. The Labute approximate surface area is 116 Å². The van der Waals surface area contributed by atoms with E-state index in [-0.39, 0.29) is 5.75 Å². The minimum absolute atomic E-state index is 0.111. The highest BCUT2D eigenvalue weighted by molar-refractivity contribution is 5.36. The fraction of sp³-hybridized carbons (Fsp3) is 0.571. The Bertz CT molecular complexity index is 456. The molecule has 1 aliphatic rings. The maximum absolute atomic E-state index is 12.8. The molecule has 0 unspecified atom stereocenters. The Morgan fingerprint density at radius 3 is 2.50 bits per heavy atom. The standard InChI is InChI=1S/C14H19F3N2O/c1-10-8-11(2-3-13(10)20)12(9-14(15,16)17)19-6-4-18-5-7-19/h2-3,8,12,18,20H,4-7,9H2,1H3/t12-/m0/s1. The minimum atomic E-state index is -4.21. The molecule has 3 nitrogen and oxygen atoms in total. The molecule has 0 aliphatic carbocycles. The number of phenolic OH excluding ortho intramolecular Hbond substituents is 1. The normalized spacial score (nSPS) is 19.0. The second kappa shape index (κ2) is 6.01. The number of aromatic hydroxyl groups is 1. The highest BCUT2D eigenvalue weighted by Gasteiger charge is 2.36. The predicted molar refractivity (Wildman–Crippen MR) is 70.7 cm³/mol. The van der Waals surface area contributed by atoms with Crippen molar-refractivity contribution in [2.24, 2.45) is 0 Å². The van der Waals surface area contributed by atoms with Crippen molar-refractivity contribution in [3.63, 3.8) is 0 Å². The molecule has 1 aromatic rings. The van der Waals surface area contributed by atoms with Crippen LogP contribution in [-0.2, 0) is 0 Å². The van der Waals surface area contributed by atoms with E-state index in [0.29, 0.717) is 37.3 Å². The summed E-state index contributed by atoms with van der Waals surface area (Å²) in [5.41, 5.74) is 1.21. The van der Waals surface area contributed by atoms with Gasteiger partial charge in [0.1, 0.15) is 5.75 Å². The molecule has 2 rings (SSSR count). The topological polar surface area (TPSA) is 35.5 Å². The maximum Gasteiger partial charge on any atom is 0.390 e. The number of hydrogen-bond acceptors (Lipinski definition) is 3. The smallest absolute Gasteiger partial charge is 0.390 e. The lowest BCUT2D eigenvalue weighted by Crippen LogP contribution is -2.46. The molecule has 1 atom stereocenters. The van der Waals surface area contributed by atoms with Crippen molar-refractivity contribution in [3.8, 4) is 5.75 Å². The number of halogens is 3. The monoisotopic (exact) mass is 288 g/mol. The number of benzene rings is 1. The van der Waals surface area contributed by atoms with Crippen molar-refractivity contribution in [1.82, 2.24) is 10.2 Å². The highest BCUT2D eigenvalue weighted by Crippen LogP contribution is 2.35. The van der Waals surface area contributed by atoms with E-state index in [9.17, 15) is 18.3 Å². The van der Waals surface area contributed by atoms with Gasteiger partial charge in [-0.2, -0.15) is 13.2 Å². The second-order valence-electron chi connectivity index (χ2n) is 5.17. The molecule has 6 heteroatoms. The van der Waals surface area contributed by atoms with Gasteiger partial charge in [-0.25, -0.2) is 0 Å². The van der Waals surface area contributed by atoms with Crippen molar-refractivity contribution >= 4 is 0 Å². The number of nitrogens with zero attached hydrogens (tertiary/aromatic N) is 1. The number of aryl methyl sites for hydroxylation is 1. The zero-order chi connectivity index (χ0) is 14.8. The van der Waals surface area contributed by atoms with Crippen LogP contribution in [0.5, 0.6) is 5.75 Å². The first-order valence-electron chi connectivity index (χ1n) is 6.68. The van der Waals surface area contributed by atoms with Crippen LogP contribution < -0.4 is 5.32 Å². The van der Waals surface area contributed by atoms with E-state index in [0.717, 1.165) is 0 Å². The summed E-state index contributed by atoms with van der Waals surface area (Å²) in [6, 6.07) is 4.02. The molecule has 0 amide bonds. The van der Waals surface area contributed by atoms with E-state index in [2.05, 4.69) is 5.32 Å². The van der Waals surface area contributed by atoms with E-state index in [1.165, 1.54) is 6.07 Å². The SMILES string of the molecule is Cc1cc([C@H](CC(F)(F)F)N2CCNCC2)ccc1O. The molecule has 0 saturated carbocycles. The molecule has 1 fully saturated rings. The molecule has 0 radical (unpaired) electrons. The van der Waals surface area contributed by atoms with Crippen molar-refractivity contribution in [1.29, 1.82) is 0 Å². The van der Waals surface area contributed by atoms with Gasteiger partial charge in [0.2, 0.25) is 0 Å². The highest BCUT2D eigenvalue weighted by atomic mass is 19.4. The van der Waals surface area contributed by atoms with Crippen molar-refractivity contribution < 1.29 is 18.3 Å². The van der Waals surface area contributed by atoms with E-state index < -0.39 is 18.6 Å². The van der Waals surface area contributed by atoms with Gasteiger partial charge in [0, 0.05) is 32.2 Å². The Morgan fingerprint density at radius 2 is 1.95 bits per heavy atom. The van der Waals surface area contributed by atoms with Gasteiger partial charge >= 0.3 is 6.18 Å². The van der Waals surface area contributed by atoms with Gasteiger partial charge in [-0.05, 0) is 24.1 Å². The summed E-state index contributed by atoms with van der Waals surface area (Å²) in [4.78, 5) is 1.86. The number of nitrogens with one attached hydrogen (secondary N) is 1. The van der Waals surface area contributed by atoms with Gasteiger partial charge < -0.3 is 10.4 Å². The number of phenols is 1. The summed E-state index contributed by atoms with van der Waals surface area (Å²) in [7, 11) is 0. The summed E-state index contributed by atoms with van der Waals surface area (Å²) in [5.74, 6) is 0.111. The van der Waals surface area contributed by atoms with Crippen molar-refractivity contribution in [2.75, 3.05) is 26.2 Å². The molecular formula is C14H19F3N2O. The lowest BCUT2D eigenvalue weighted by Gasteiger charge is -2.35. The number of piperazine rings is 1. The maximum atomic E-state index is 12.8. The average molecular weight is 288 g/mol. The first kappa shape index (κ1) is 15.1. The van der Waals surface area contributed by atoms with Crippen LogP contribution >= 0.6 is 0 Å². The Morgan fingerprint density at radius 1 is 1.30 bits per heavy atom. The van der Waals surface area contributed by atoms with Gasteiger partial charge in [-0.15, -0.1) is 0 Å². The van der Waals surface area contributed by atoms with Gasteiger partial charge in [0.25, 0.3) is 0 Å². The summed E-state index contributed by atoms with van der Waals surface area (Å²) in [5, 5.41) is 12.7. The third kappa shape index (κ3) is 3.86. The third-order valence-electron chi connectivity index (χ3n) is 3.62. The van der Waals surface area contributed by atoms with Gasteiger partial charge in [0.05, 0.1) is 6.42 Å². The third-order valence-corrected chi connectivity index (χ3v) is 3.62. The Kier molecular flexibility index (Phi) is 4.55. The summed E-state index contributed by atoms with van der Waals surface area (Å²) < 4.78 is 38.5. The van der Waals surface area contributed by atoms with Gasteiger partial charge in [0.15, 0.2) is 0 Å². The van der Waals surface area contributed by atoms with Crippen LogP contribution in [0.1, 0.15) is 23.6 Å². The molecule has 2 N–H and O–H groups in total. The number of hydrogen-bond donors (Lipinski definition) is 2. The first-order chi connectivity index (χ1) is 9.37. The molecule has 112 valence electrons. The van der Waals surface area contributed by atoms with Gasteiger partial charge in [-0.3, -0.25) is 4.90 Å². The largest absolute Gasteiger partial charge is 0.508 e. The van der Waals surface area contributed by atoms with Crippen LogP contribution in [0.2, 0.25) is 0 Å². The molecule has 0 spiro atoms. The van der Waals surface area contributed by atoms with E-state index in [1.807, 2.05) is 4.90 Å². The van der Waals surface area contributed by atoms with E-state index in [1.54, 1.807) is 19.1 Å². The lowest BCUT2D eigenvalue weighted by molar-refractivity contribution is -0.148. The molecule has 1 aromatic carbocycles. The predicted octanol–water partition coefficient (Wildman–Crippen LogP) is 2.60. The molecule has 0 aromatic heterocycles. The van der Waals surface area contributed by atoms with Crippen molar-refractivity contribution in [2.45, 2.75) is 25.6 Å². The van der Waals surface area contributed by atoms with Crippen LogP contribution in [0.15, 0.2) is 18.2 Å². The molecule has 1 heterocycles. The second-order valence-corrected chi connectivity index (χ2v) is 5.17.